The molecule has 0 unspecified atom stereocenters. The SMILES string of the molecule is Cc1c(C(N)=O)ccc(-c2nnc[nH]2)c1-c1ccccn1. The Kier molecular flexibility index (Phi) is 3.19. The van der Waals surface area contributed by atoms with Crippen molar-refractivity contribution >= 4 is 5.91 Å². The van der Waals surface area contributed by atoms with E-state index in [0.717, 1.165) is 22.4 Å². The van der Waals surface area contributed by atoms with Crippen molar-refractivity contribution in [3.05, 3.63) is 54.0 Å². The summed E-state index contributed by atoms with van der Waals surface area (Å²) in [7, 11) is 0. The van der Waals surface area contributed by atoms with Gasteiger partial charge in [0.15, 0.2) is 5.82 Å². The van der Waals surface area contributed by atoms with Crippen molar-refractivity contribution in [2.24, 2.45) is 5.73 Å². The minimum Gasteiger partial charge on any atom is -0.366 e. The number of benzene rings is 1. The number of carbonyl (C=O) groups excluding carboxylic acids is 1. The zero-order valence-electron chi connectivity index (χ0n) is 11.4. The number of aromatic amines is 1. The van der Waals surface area contributed by atoms with Crippen molar-refractivity contribution in [2.75, 3.05) is 0 Å². The summed E-state index contributed by atoms with van der Waals surface area (Å²) in [5.41, 5.74) is 9.08. The number of amides is 1. The maximum Gasteiger partial charge on any atom is 0.248 e. The van der Waals surface area contributed by atoms with Crippen LogP contribution in [0.5, 0.6) is 0 Å². The monoisotopic (exact) mass is 279 g/mol. The molecule has 3 N–H and O–H groups in total. The Bertz CT molecular complexity index is 781. The van der Waals surface area contributed by atoms with Crippen LogP contribution >= 0.6 is 0 Å². The van der Waals surface area contributed by atoms with Crippen LogP contribution in [0.3, 0.4) is 0 Å². The number of H-pyrrole nitrogens is 1. The molecule has 2 heterocycles. The summed E-state index contributed by atoms with van der Waals surface area (Å²) in [6.07, 6.45) is 3.21. The summed E-state index contributed by atoms with van der Waals surface area (Å²) in [6.45, 7) is 1.85. The number of hydrogen-bond donors (Lipinski definition) is 2. The summed E-state index contributed by atoms with van der Waals surface area (Å²) in [6, 6.07) is 9.11. The minimum absolute atomic E-state index is 0.464. The van der Waals surface area contributed by atoms with E-state index in [9.17, 15) is 4.79 Å². The van der Waals surface area contributed by atoms with Gasteiger partial charge < -0.3 is 10.7 Å². The molecule has 0 saturated heterocycles. The van der Waals surface area contributed by atoms with Crippen LogP contribution in [-0.4, -0.2) is 26.1 Å². The second-order valence-electron chi connectivity index (χ2n) is 4.58. The highest BCUT2D eigenvalue weighted by molar-refractivity contribution is 5.98. The zero-order valence-corrected chi connectivity index (χ0v) is 11.4. The largest absolute Gasteiger partial charge is 0.366 e. The van der Waals surface area contributed by atoms with E-state index in [1.165, 1.54) is 6.33 Å². The topological polar surface area (TPSA) is 97.5 Å². The molecule has 0 bridgehead atoms. The van der Waals surface area contributed by atoms with E-state index in [0.29, 0.717) is 11.4 Å². The Balaban J connectivity index is 2.32. The van der Waals surface area contributed by atoms with Crippen molar-refractivity contribution in [2.45, 2.75) is 6.92 Å². The Morgan fingerprint density at radius 3 is 2.71 bits per heavy atom. The number of nitrogens with zero attached hydrogens (tertiary/aromatic N) is 3. The number of hydrogen-bond acceptors (Lipinski definition) is 4. The number of nitrogens with two attached hydrogens (primary N) is 1. The molecule has 3 rings (SSSR count). The van der Waals surface area contributed by atoms with Gasteiger partial charge in [0.05, 0.1) is 5.69 Å². The summed E-state index contributed by atoms with van der Waals surface area (Å²) in [5, 5.41) is 7.84. The van der Waals surface area contributed by atoms with E-state index in [4.69, 9.17) is 5.73 Å². The van der Waals surface area contributed by atoms with Crippen LogP contribution < -0.4 is 5.73 Å². The van der Waals surface area contributed by atoms with Gasteiger partial charge in [0.25, 0.3) is 0 Å². The summed E-state index contributed by atoms with van der Waals surface area (Å²) in [5.74, 6) is 0.156. The first-order chi connectivity index (χ1) is 10.2. The number of nitrogens with one attached hydrogen (secondary N) is 1. The normalized spacial score (nSPS) is 10.5. The average Bonchev–Trinajstić information content (AvgIpc) is 3.01. The van der Waals surface area contributed by atoms with E-state index in [1.54, 1.807) is 18.3 Å². The third-order valence-electron chi connectivity index (χ3n) is 3.32. The first-order valence-electron chi connectivity index (χ1n) is 6.39. The van der Waals surface area contributed by atoms with E-state index in [2.05, 4.69) is 20.2 Å². The van der Waals surface area contributed by atoms with Crippen molar-refractivity contribution in [1.82, 2.24) is 20.2 Å². The molecule has 6 heteroatoms. The predicted octanol–water partition coefficient (Wildman–Crippen LogP) is 1.94. The summed E-state index contributed by atoms with van der Waals surface area (Å²) in [4.78, 5) is 18.9. The molecule has 0 aliphatic carbocycles. The van der Waals surface area contributed by atoms with Gasteiger partial charge in [-0.25, -0.2) is 0 Å². The smallest absolute Gasteiger partial charge is 0.248 e. The summed E-state index contributed by atoms with van der Waals surface area (Å²) >= 11 is 0. The van der Waals surface area contributed by atoms with Gasteiger partial charge in [0, 0.05) is 22.9 Å². The maximum atomic E-state index is 11.6. The van der Waals surface area contributed by atoms with Gasteiger partial charge in [-0.1, -0.05) is 6.07 Å². The molecule has 6 nitrogen and oxygen atoms in total. The molecule has 2 aromatic heterocycles. The van der Waals surface area contributed by atoms with Gasteiger partial charge in [-0.15, -0.1) is 10.2 Å². The lowest BCUT2D eigenvalue weighted by atomic mass is 9.93. The van der Waals surface area contributed by atoms with Crippen molar-refractivity contribution < 1.29 is 4.79 Å². The average molecular weight is 279 g/mol. The lowest BCUT2D eigenvalue weighted by molar-refractivity contribution is 0.1000. The fourth-order valence-electron chi connectivity index (χ4n) is 2.35. The standard InChI is InChI=1S/C15H13N5O/c1-9-10(14(16)21)5-6-11(15-18-8-19-20-15)13(9)12-4-2-3-7-17-12/h2-8H,1H3,(H2,16,21)(H,18,19,20). The fourth-order valence-corrected chi connectivity index (χ4v) is 2.35. The number of pyridine rings is 1. The maximum absolute atomic E-state index is 11.6. The zero-order chi connectivity index (χ0) is 14.8. The van der Waals surface area contributed by atoms with Crippen LogP contribution in [0.25, 0.3) is 22.6 Å². The van der Waals surface area contributed by atoms with Crippen molar-refractivity contribution in [1.29, 1.82) is 0 Å². The molecular weight excluding hydrogens is 266 g/mol. The number of aromatic nitrogens is 4. The second-order valence-corrected chi connectivity index (χ2v) is 4.58. The molecule has 0 aliphatic heterocycles. The van der Waals surface area contributed by atoms with Crippen molar-refractivity contribution in [3.8, 4) is 22.6 Å². The second kappa shape index (κ2) is 5.16. The fraction of sp³-hybridized carbons (Fsp3) is 0.0667. The molecule has 0 radical (unpaired) electrons. The van der Waals surface area contributed by atoms with Gasteiger partial charge in [0.1, 0.15) is 6.33 Å². The molecule has 0 saturated carbocycles. The molecule has 0 atom stereocenters. The van der Waals surface area contributed by atoms with Crippen LogP contribution in [-0.2, 0) is 0 Å². The lowest BCUT2D eigenvalue weighted by Gasteiger charge is -2.13. The van der Waals surface area contributed by atoms with E-state index in [1.807, 2.05) is 25.1 Å². The Labute approximate surface area is 121 Å². The molecule has 0 fully saturated rings. The molecule has 104 valence electrons. The molecular formula is C15H13N5O. The third-order valence-corrected chi connectivity index (χ3v) is 3.32. The summed E-state index contributed by atoms with van der Waals surface area (Å²) < 4.78 is 0. The van der Waals surface area contributed by atoms with Gasteiger partial charge in [-0.2, -0.15) is 0 Å². The van der Waals surface area contributed by atoms with E-state index >= 15 is 0 Å². The molecule has 1 aromatic carbocycles. The van der Waals surface area contributed by atoms with Crippen LogP contribution in [0.4, 0.5) is 0 Å². The van der Waals surface area contributed by atoms with Gasteiger partial charge >= 0.3 is 0 Å². The van der Waals surface area contributed by atoms with E-state index in [-0.39, 0.29) is 0 Å². The first-order valence-corrected chi connectivity index (χ1v) is 6.39. The Morgan fingerprint density at radius 1 is 1.24 bits per heavy atom. The van der Waals surface area contributed by atoms with Gasteiger partial charge in [-0.05, 0) is 36.8 Å². The predicted molar refractivity (Wildman–Crippen MR) is 78.3 cm³/mol. The van der Waals surface area contributed by atoms with Crippen LogP contribution in [0, 0.1) is 6.92 Å². The van der Waals surface area contributed by atoms with Gasteiger partial charge in [-0.3, -0.25) is 9.78 Å². The first kappa shape index (κ1) is 13.0. The molecule has 3 aromatic rings. The van der Waals surface area contributed by atoms with Crippen LogP contribution in [0.15, 0.2) is 42.9 Å². The van der Waals surface area contributed by atoms with Gasteiger partial charge in [0.2, 0.25) is 5.91 Å². The Hall–Kier alpha value is -3.02. The number of rotatable bonds is 3. The molecule has 21 heavy (non-hydrogen) atoms. The lowest BCUT2D eigenvalue weighted by Crippen LogP contribution is -2.13. The number of primary amides is 1. The highest BCUT2D eigenvalue weighted by Crippen LogP contribution is 2.33. The Morgan fingerprint density at radius 2 is 2.10 bits per heavy atom. The molecule has 0 spiro atoms. The molecule has 0 aliphatic rings. The highest BCUT2D eigenvalue weighted by Gasteiger charge is 2.18. The minimum atomic E-state index is -0.464. The van der Waals surface area contributed by atoms with E-state index < -0.39 is 5.91 Å². The van der Waals surface area contributed by atoms with Crippen molar-refractivity contribution in [3.63, 3.8) is 0 Å². The highest BCUT2D eigenvalue weighted by atomic mass is 16.1. The molecule has 1 amide bonds. The van der Waals surface area contributed by atoms with Crippen LogP contribution in [0.2, 0.25) is 0 Å². The quantitative estimate of drug-likeness (QED) is 0.765. The third kappa shape index (κ3) is 2.27. The number of carbonyl (C=O) groups is 1. The van der Waals surface area contributed by atoms with Crippen LogP contribution in [0.1, 0.15) is 15.9 Å².